The highest BCUT2D eigenvalue weighted by Crippen LogP contribution is 2.46. The number of aromatic nitrogens is 1. The van der Waals surface area contributed by atoms with E-state index >= 15 is 0 Å². The summed E-state index contributed by atoms with van der Waals surface area (Å²) in [6.45, 7) is 8.09. The first-order valence-corrected chi connectivity index (χ1v) is 17.4. The van der Waals surface area contributed by atoms with Crippen LogP contribution in [0.15, 0.2) is 18.2 Å². The van der Waals surface area contributed by atoms with Crippen molar-refractivity contribution in [2.45, 2.75) is 96.9 Å². The summed E-state index contributed by atoms with van der Waals surface area (Å²) < 4.78 is 24.4. The van der Waals surface area contributed by atoms with Crippen LogP contribution in [0.1, 0.15) is 71.8 Å². The first kappa shape index (κ1) is 34.1. The second-order valence-corrected chi connectivity index (χ2v) is 14.5. The molecule has 46 heavy (non-hydrogen) atoms. The summed E-state index contributed by atoms with van der Waals surface area (Å²) in [7, 11) is 1.59. The molecule has 0 spiro atoms. The van der Waals surface area contributed by atoms with E-state index in [9.17, 15) is 19.5 Å². The third-order valence-corrected chi connectivity index (χ3v) is 9.96. The van der Waals surface area contributed by atoms with Gasteiger partial charge in [-0.05, 0) is 49.1 Å². The lowest BCUT2D eigenvalue weighted by Crippen LogP contribution is -2.57. The first-order valence-electron chi connectivity index (χ1n) is 16.3. The molecule has 2 fully saturated rings. The Balaban J connectivity index is 1.56. The van der Waals surface area contributed by atoms with E-state index in [-0.39, 0.29) is 30.9 Å². The minimum atomic E-state index is -1.14. The van der Waals surface area contributed by atoms with Gasteiger partial charge in [0.1, 0.15) is 41.3 Å². The molecule has 1 aromatic carbocycles. The fraction of sp³-hybridized carbons (Fsp3) is 0.647. The van der Waals surface area contributed by atoms with Crippen molar-refractivity contribution in [3.63, 3.8) is 0 Å². The van der Waals surface area contributed by atoms with Crippen LogP contribution in [0, 0.1) is 17.3 Å². The number of nitrogens with one attached hydrogen (secondary N) is 1. The van der Waals surface area contributed by atoms with E-state index in [2.05, 4.69) is 28.2 Å². The molecule has 252 valence electrons. The number of alkyl halides is 1. The van der Waals surface area contributed by atoms with Gasteiger partial charge >= 0.3 is 12.1 Å². The van der Waals surface area contributed by atoms with E-state index in [0.29, 0.717) is 35.9 Å². The number of carboxylic acids is 1. The topological polar surface area (TPSA) is 137 Å². The van der Waals surface area contributed by atoms with Crippen molar-refractivity contribution >= 4 is 44.8 Å². The number of amides is 2. The summed E-state index contributed by atoms with van der Waals surface area (Å²) in [5.41, 5.74) is 0.706. The molecule has 3 heterocycles. The molecule has 1 aliphatic carbocycles. The number of fused-ring (bicyclic) bond motifs is 5. The number of hydrogen-bond donors (Lipinski definition) is 2. The number of rotatable bonds is 6. The Bertz CT molecular complexity index is 1450. The van der Waals surface area contributed by atoms with Gasteiger partial charge in [0.15, 0.2) is 0 Å². The standard InChI is InChI=1S/C34H46BrN3O8/c1-19-21-11-7-6-8-12-23-28(44-16-10-15-35)22-13-9-14-25(43-5)26(22)36-30(23)45-20-17-24(32(40)41)38(18-20)31(39)29(34(2,3)4)37-33(42)46-27(19)21/h9,13-14,19-21,24,27,29H,6-8,10-12,15-18H2,1-5H3,(H,37,42)(H,40,41)/t19?,20-,21-,24+,27-,29-/m1/s1. The van der Waals surface area contributed by atoms with Crippen LogP contribution in [0.5, 0.6) is 17.4 Å². The minimum Gasteiger partial charge on any atom is -0.494 e. The largest absolute Gasteiger partial charge is 0.494 e. The molecule has 3 aliphatic rings. The van der Waals surface area contributed by atoms with Gasteiger partial charge in [-0.2, -0.15) is 0 Å². The van der Waals surface area contributed by atoms with E-state index in [1.165, 1.54) is 4.90 Å². The Morgan fingerprint density at radius 3 is 2.67 bits per heavy atom. The molecule has 0 radical (unpaired) electrons. The zero-order valence-electron chi connectivity index (χ0n) is 27.3. The maximum absolute atomic E-state index is 14.0. The van der Waals surface area contributed by atoms with Crippen LogP contribution in [-0.2, 0) is 20.7 Å². The number of halogens is 1. The van der Waals surface area contributed by atoms with E-state index in [1.54, 1.807) is 7.11 Å². The molecule has 2 bridgehead atoms. The van der Waals surface area contributed by atoms with Crippen LogP contribution >= 0.6 is 15.9 Å². The van der Waals surface area contributed by atoms with Gasteiger partial charge in [0, 0.05) is 23.1 Å². The number of hydrogen-bond acceptors (Lipinski definition) is 8. The monoisotopic (exact) mass is 703 g/mol. The number of benzene rings is 1. The number of carboxylic acid groups (broad SMARTS) is 1. The summed E-state index contributed by atoms with van der Waals surface area (Å²) in [6, 6.07) is 3.57. The van der Waals surface area contributed by atoms with Gasteiger partial charge < -0.3 is 34.3 Å². The van der Waals surface area contributed by atoms with Crippen molar-refractivity contribution < 1.29 is 38.4 Å². The highest BCUT2D eigenvalue weighted by Gasteiger charge is 2.51. The molecular weight excluding hydrogens is 658 g/mol. The van der Waals surface area contributed by atoms with Crippen LogP contribution in [0.4, 0.5) is 4.79 Å². The molecule has 2 amide bonds. The molecule has 1 saturated heterocycles. The molecule has 2 aromatic rings. The lowest BCUT2D eigenvalue weighted by Gasteiger charge is -2.34. The number of carbonyl (C=O) groups excluding carboxylic acids is 2. The number of carbonyl (C=O) groups is 3. The van der Waals surface area contributed by atoms with Crippen molar-refractivity contribution in [1.82, 2.24) is 15.2 Å². The summed E-state index contributed by atoms with van der Waals surface area (Å²) in [5.74, 6) is 0.496. The molecule has 1 saturated carbocycles. The molecule has 2 N–H and O–H groups in total. The highest BCUT2D eigenvalue weighted by molar-refractivity contribution is 9.09. The lowest BCUT2D eigenvalue weighted by atomic mass is 9.85. The Morgan fingerprint density at radius 2 is 1.98 bits per heavy atom. The second kappa shape index (κ2) is 14.2. The fourth-order valence-corrected chi connectivity index (χ4v) is 6.95. The number of ether oxygens (including phenoxy) is 4. The maximum atomic E-state index is 14.0. The third kappa shape index (κ3) is 7.31. The smallest absolute Gasteiger partial charge is 0.408 e. The number of methoxy groups -OCH3 is 1. The van der Waals surface area contributed by atoms with Crippen molar-refractivity contribution in [3.05, 3.63) is 23.8 Å². The predicted molar refractivity (Wildman–Crippen MR) is 176 cm³/mol. The van der Waals surface area contributed by atoms with Gasteiger partial charge in [-0.1, -0.05) is 62.5 Å². The number of pyridine rings is 1. The lowest BCUT2D eigenvalue weighted by molar-refractivity contribution is -0.150. The predicted octanol–water partition coefficient (Wildman–Crippen LogP) is 5.73. The van der Waals surface area contributed by atoms with E-state index < -0.39 is 41.6 Å². The average molecular weight is 705 g/mol. The van der Waals surface area contributed by atoms with E-state index in [1.807, 2.05) is 39.0 Å². The van der Waals surface area contributed by atoms with Gasteiger partial charge in [0.2, 0.25) is 11.8 Å². The van der Waals surface area contributed by atoms with Gasteiger partial charge in [0.25, 0.3) is 0 Å². The zero-order chi connectivity index (χ0) is 33.2. The molecule has 12 heteroatoms. The van der Waals surface area contributed by atoms with Crippen LogP contribution in [0.2, 0.25) is 0 Å². The maximum Gasteiger partial charge on any atom is 0.408 e. The van der Waals surface area contributed by atoms with Gasteiger partial charge in [0.05, 0.1) is 25.8 Å². The SMILES string of the molecule is COc1cccc2c(OCCCBr)c3c(nc12)O[C@@H]1C[C@@H](C(=O)O)N(C1)C(=O)[C@H](C(C)(C)C)NC(=O)O[C@@H]1C(C)[C@H]1CCCCC3. The molecule has 11 nitrogen and oxygen atoms in total. The van der Waals surface area contributed by atoms with Crippen molar-refractivity contribution in [2.75, 3.05) is 25.6 Å². The molecule has 5 rings (SSSR count). The molecule has 1 unspecified atom stereocenters. The summed E-state index contributed by atoms with van der Waals surface area (Å²) in [6.07, 6.45) is 3.72. The fourth-order valence-electron chi connectivity index (χ4n) is 6.72. The third-order valence-electron chi connectivity index (χ3n) is 9.40. The Labute approximate surface area is 278 Å². The van der Waals surface area contributed by atoms with E-state index in [0.717, 1.165) is 48.4 Å². The summed E-state index contributed by atoms with van der Waals surface area (Å²) >= 11 is 3.49. The number of nitrogens with zero attached hydrogens (tertiary/aromatic N) is 2. The van der Waals surface area contributed by atoms with Gasteiger partial charge in [-0.3, -0.25) is 4.79 Å². The second-order valence-electron chi connectivity index (χ2n) is 13.7. The van der Waals surface area contributed by atoms with Crippen LogP contribution in [0.25, 0.3) is 10.9 Å². The molecule has 2 aliphatic heterocycles. The van der Waals surface area contributed by atoms with Crippen molar-refractivity contribution in [2.24, 2.45) is 17.3 Å². The number of alkyl carbamates (subject to hydrolysis) is 1. The van der Waals surface area contributed by atoms with Crippen molar-refractivity contribution in [1.29, 1.82) is 0 Å². The Morgan fingerprint density at radius 1 is 1.20 bits per heavy atom. The highest BCUT2D eigenvalue weighted by atomic mass is 79.9. The summed E-state index contributed by atoms with van der Waals surface area (Å²) in [5, 5.41) is 14.6. The number of aliphatic carboxylic acids is 1. The summed E-state index contributed by atoms with van der Waals surface area (Å²) in [4.78, 5) is 45.8. The first-order chi connectivity index (χ1) is 21.9. The molecular formula is C34H46BrN3O8. The van der Waals surface area contributed by atoms with E-state index in [4.69, 9.17) is 23.9 Å². The van der Waals surface area contributed by atoms with Gasteiger partial charge in [-0.25, -0.2) is 14.6 Å². The molecule has 1 aromatic heterocycles. The van der Waals surface area contributed by atoms with Crippen LogP contribution in [0.3, 0.4) is 0 Å². The Hall–Kier alpha value is -3.28. The minimum absolute atomic E-state index is 0.0195. The van der Waals surface area contributed by atoms with Crippen LogP contribution < -0.4 is 19.5 Å². The zero-order valence-corrected chi connectivity index (χ0v) is 28.9. The molecule has 6 atom stereocenters. The Kier molecular flexibility index (Phi) is 10.5. The quantitative estimate of drug-likeness (QED) is 0.285. The average Bonchev–Trinajstić information content (AvgIpc) is 3.39. The normalized spacial score (nSPS) is 27.3. The van der Waals surface area contributed by atoms with Crippen LogP contribution in [-0.4, -0.2) is 82.8 Å². The van der Waals surface area contributed by atoms with Gasteiger partial charge in [-0.15, -0.1) is 0 Å². The van der Waals surface area contributed by atoms with Crippen molar-refractivity contribution in [3.8, 4) is 17.4 Å². The number of para-hydroxylation sites is 1.